The topological polar surface area (TPSA) is 36.7 Å². The molecule has 2 atom stereocenters. The van der Waals surface area contributed by atoms with Gasteiger partial charge in [0.15, 0.2) is 5.76 Å². The van der Waals surface area contributed by atoms with E-state index in [1.165, 1.54) is 24.0 Å². The minimum atomic E-state index is 0.0104. The number of nitrogens with zero attached hydrogens (tertiary/aromatic N) is 2. The largest absolute Gasteiger partial charge is 0.459 e. The minimum Gasteiger partial charge on any atom is -0.459 e. The van der Waals surface area contributed by atoms with Gasteiger partial charge in [-0.05, 0) is 61.0 Å². The zero-order valence-corrected chi connectivity index (χ0v) is 17.9. The van der Waals surface area contributed by atoms with E-state index < -0.39 is 0 Å². The molecule has 0 N–H and O–H groups in total. The maximum Gasteiger partial charge on any atom is 0.289 e. The second-order valence-corrected chi connectivity index (χ2v) is 8.95. The lowest BCUT2D eigenvalue weighted by atomic mass is 9.86. The number of carbonyl (C=O) groups excluding carboxylic acids is 1. The summed E-state index contributed by atoms with van der Waals surface area (Å²) in [5, 5.41) is 0. The van der Waals surface area contributed by atoms with Gasteiger partial charge in [0, 0.05) is 25.6 Å². The lowest BCUT2D eigenvalue weighted by Gasteiger charge is -2.34. The Balaban J connectivity index is 1.27. The van der Waals surface area contributed by atoms with E-state index in [0.29, 0.717) is 23.5 Å². The van der Waals surface area contributed by atoms with E-state index in [9.17, 15) is 4.79 Å². The van der Waals surface area contributed by atoms with Crippen molar-refractivity contribution < 1.29 is 9.21 Å². The van der Waals surface area contributed by atoms with Crippen LogP contribution in [0, 0.1) is 5.92 Å². The quantitative estimate of drug-likeness (QED) is 0.589. The lowest BCUT2D eigenvalue weighted by Crippen LogP contribution is -2.38. The number of hydrogen-bond acceptors (Lipinski definition) is 3. The van der Waals surface area contributed by atoms with Gasteiger partial charge in [-0.1, -0.05) is 60.7 Å². The summed E-state index contributed by atoms with van der Waals surface area (Å²) in [4.78, 5) is 17.5. The van der Waals surface area contributed by atoms with Crippen LogP contribution in [0.3, 0.4) is 0 Å². The number of furan rings is 1. The van der Waals surface area contributed by atoms with Gasteiger partial charge in [0.1, 0.15) is 0 Å². The van der Waals surface area contributed by atoms with Gasteiger partial charge in [-0.25, -0.2) is 0 Å². The van der Waals surface area contributed by atoms with Gasteiger partial charge in [-0.2, -0.15) is 0 Å². The molecule has 2 aliphatic rings. The highest BCUT2D eigenvalue weighted by Crippen LogP contribution is 2.35. The van der Waals surface area contributed by atoms with Gasteiger partial charge in [-0.15, -0.1) is 0 Å². The monoisotopic (exact) mass is 414 g/mol. The van der Waals surface area contributed by atoms with Crippen molar-refractivity contribution in [2.75, 3.05) is 32.7 Å². The number of piperidine rings is 1. The molecule has 160 valence electrons. The molecule has 0 radical (unpaired) electrons. The molecule has 0 spiro atoms. The molecule has 5 rings (SSSR count). The molecule has 0 bridgehead atoms. The van der Waals surface area contributed by atoms with Crippen LogP contribution in [0.5, 0.6) is 0 Å². The third-order valence-corrected chi connectivity index (χ3v) is 7.04. The van der Waals surface area contributed by atoms with Crippen molar-refractivity contribution >= 4 is 5.91 Å². The second-order valence-electron chi connectivity index (χ2n) is 8.95. The maximum absolute atomic E-state index is 12.9. The van der Waals surface area contributed by atoms with Crippen molar-refractivity contribution in [2.45, 2.75) is 24.7 Å². The van der Waals surface area contributed by atoms with Gasteiger partial charge in [0.25, 0.3) is 5.91 Å². The van der Waals surface area contributed by atoms with Crippen LogP contribution in [0.4, 0.5) is 0 Å². The van der Waals surface area contributed by atoms with Gasteiger partial charge in [0.2, 0.25) is 0 Å². The Morgan fingerprint density at radius 1 is 0.839 bits per heavy atom. The fraction of sp³-hybridized carbons (Fsp3) is 0.370. The molecule has 0 aliphatic carbocycles. The van der Waals surface area contributed by atoms with E-state index in [4.69, 9.17) is 4.42 Å². The Morgan fingerprint density at radius 3 is 2.16 bits per heavy atom. The van der Waals surface area contributed by atoms with Crippen LogP contribution in [-0.2, 0) is 0 Å². The molecule has 1 aromatic heterocycles. The van der Waals surface area contributed by atoms with Crippen LogP contribution in [0.1, 0.15) is 46.4 Å². The predicted octanol–water partition coefficient (Wildman–Crippen LogP) is 5.02. The Labute approximate surface area is 184 Å². The first-order valence-electron chi connectivity index (χ1n) is 11.4. The average Bonchev–Trinajstić information content (AvgIpc) is 3.51. The van der Waals surface area contributed by atoms with Gasteiger partial charge in [-0.3, -0.25) is 4.79 Å². The van der Waals surface area contributed by atoms with Crippen molar-refractivity contribution in [2.24, 2.45) is 5.92 Å². The highest BCUT2D eigenvalue weighted by atomic mass is 16.3. The summed E-state index contributed by atoms with van der Waals surface area (Å²) in [6, 6.07) is 25.2. The van der Waals surface area contributed by atoms with Crippen LogP contribution >= 0.6 is 0 Å². The third kappa shape index (κ3) is 4.45. The van der Waals surface area contributed by atoms with Crippen LogP contribution in [0.25, 0.3) is 0 Å². The summed E-state index contributed by atoms with van der Waals surface area (Å²) < 4.78 is 5.39. The molecule has 3 heterocycles. The summed E-state index contributed by atoms with van der Waals surface area (Å²) in [6.07, 6.45) is 4.00. The van der Waals surface area contributed by atoms with Crippen molar-refractivity contribution in [3.05, 3.63) is 95.9 Å². The smallest absolute Gasteiger partial charge is 0.289 e. The Morgan fingerprint density at radius 2 is 1.52 bits per heavy atom. The van der Waals surface area contributed by atoms with Gasteiger partial charge >= 0.3 is 0 Å². The SMILES string of the molecule is O=C(c1ccco1)N1CC(CN2CCC(c3ccccc3)CC2)C(c2ccccc2)C1. The fourth-order valence-corrected chi connectivity index (χ4v) is 5.36. The average molecular weight is 415 g/mol. The summed E-state index contributed by atoms with van der Waals surface area (Å²) in [5.74, 6) is 1.93. The highest BCUT2D eigenvalue weighted by molar-refractivity contribution is 5.91. The Hall–Kier alpha value is -2.85. The molecular formula is C27H30N2O2. The summed E-state index contributed by atoms with van der Waals surface area (Å²) in [5.41, 5.74) is 2.81. The number of rotatable bonds is 5. The molecule has 3 aromatic rings. The van der Waals surface area contributed by atoms with E-state index >= 15 is 0 Å². The molecule has 4 nitrogen and oxygen atoms in total. The second kappa shape index (κ2) is 9.11. The Kier molecular flexibility index (Phi) is 5.90. The first-order valence-corrected chi connectivity index (χ1v) is 11.4. The number of carbonyl (C=O) groups is 1. The third-order valence-electron chi connectivity index (χ3n) is 7.04. The Bertz CT molecular complexity index is 963. The molecule has 2 aromatic carbocycles. The summed E-state index contributed by atoms with van der Waals surface area (Å²) in [7, 11) is 0. The van der Waals surface area contributed by atoms with Gasteiger partial charge in [0.05, 0.1) is 6.26 Å². The summed E-state index contributed by atoms with van der Waals surface area (Å²) in [6.45, 7) is 4.85. The van der Waals surface area contributed by atoms with Gasteiger partial charge < -0.3 is 14.2 Å². The minimum absolute atomic E-state index is 0.0104. The van der Waals surface area contributed by atoms with Crippen molar-refractivity contribution in [1.82, 2.24) is 9.80 Å². The van der Waals surface area contributed by atoms with Crippen LogP contribution in [0.2, 0.25) is 0 Å². The summed E-state index contributed by atoms with van der Waals surface area (Å²) >= 11 is 0. The highest BCUT2D eigenvalue weighted by Gasteiger charge is 2.38. The van der Waals surface area contributed by atoms with E-state index in [2.05, 4.69) is 65.6 Å². The molecule has 1 amide bonds. The van der Waals surface area contributed by atoms with Crippen molar-refractivity contribution in [3.63, 3.8) is 0 Å². The molecule has 31 heavy (non-hydrogen) atoms. The predicted molar refractivity (Wildman–Crippen MR) is 122 cm³/mol. The van der Waals surface area contributed by atoms with Crippen LogP contribution < -0.4 is 0 Å². The fourth-order valence-electron chi connectivity index (χ4n) is 5.36. The van der Waals surface area contributed by atoms with Crippen LogP contribution in [-0.4, -0.2) is 48.4 Å². The maximum atomic E-state index is 12.9. The van der Waals surface area contributed by atoms with E-state index in [-0.39, 0.29) is 5.91 Å². The van der Waals surface area contributed by atoms with Crippen molar-refractivity contribution in [1.29, 1.82) is 0 Å². The molecule has 4 heteroatoms. The van der Waals surface area contributed by atoms with E-state index in [1.807, 2.05) is 4.90 Å². The number of hydrogen-bond donors (Lipinski definition) is 0. The number of likely N-dealkylation sites (tertiary alicyclic amines) is 2. The lowest BCUT2D eigenvalue weighted by molar-refractivity contribution is 0.0750. The molecule has 0 saturated carbocycles. The zero-order chi connectivity index (χ0) is 21.0. The number of benzene rings is 2. The van der Waals surface area contributed by atoms with Crippen LogP contribution in [0.15, 0.2) is 83.5 Å². The molecule has 2 unspecified atom stereocenters. The van der Waals surface area contributed by atoms with E-state index in [1.54, 1.807) is 18.4 Å². The zero-order valence-electron chi connectivity index (χ0n) is 17.9. The normalized spacial score (nSPS) is 22.6. The molecule has 2 fully saturated rings. The standard InChI is InChI=1S/C27H30N2O2/c30-27(26-12-7-17-31-26)29-19-24(25(20-29)23-10-5-2-6-11-23)18-28-15-13-22(14-16-28)21-8-3-1-4-9-21/h1-12,17,22,24-25H,13-16,18-20H2. The first-order chi connectivity index (χ1) is 15.3. The molecule has 2 aliphatic heterocycles. The van der Waals surface area contributed by atoms with E-state index in [0.717, 1.165) is 32.7 Å². The molecule has 2 saturated heterocycles. The molecular weight excluding hydrogens is 384 g/mol. The first kappa shape index (κ1) is 20.1. The number of amides is 1. The van der Waals surface area contributed by atoms with Crippen molar-refractivity contribution in [3.8, 4) is 0 Å².